The largest absolute Gasteiger partial charge is 0.383 e. The molecule has 2 rings (SSSR count). The molecule has 0 bridgehead atoms. The summed E-state index contributed by atoms with van der Waals surface area (Å²) in [5.74, 6) is 5.17. The second-order valence-electron chi connectivity index (χ2n) is 5.20. The molecule has 0 radical (unpaired) electrons. The first-order valence-corrected chi connectivity index (χ1v) is 7.60. The zero-order chi connectivity index (χ0) is 13.3. The Kier molecular flexibility index (Phi) is 4.00. The van der Waals surface area contributed by atoms with Crippen LogP contribution in [0.1, 0.15) is 37.6 Å². The molecular weight excluding hydrogens is 244 g/mol. The predicted octanol–water partition coefficient (Wildman–Crippen LogP) is 2.43. The molecule has 4 nitrogen and oxygen atoms in total. The van der Waals surface area contributed by atoms with Crippen LogP contribution in [0.5, 0.6) is 0 Å². The van der Waals surface area contributed by atoms with Crippen molar-refractivity contribution in [3.8, 4) is 0 Å². The highest BCUT2D eigenvalue weighted by atomic mass is 32.2. The third kappa shape index (κ3) is 2.55. The SMILES string of the molecule is Cc1c(N)nc(C(C)C)nc1N(C)C1CCSC1. The summed E-state index contributed by atoms with van der Waals surface area (Å²) in [6.07, 6.45) is 1.22. The number of nitrogens with zero attached hydrogens (tertiary/aromatic N) is 3. The van der Waals surface area contributed by atoms with Crippen molar-refractivity contribution in [2.24, 2.45) is 0 Å². The first-order chi connectivity index (χ1) is 8.50. The number of thioether (sulfide) groups is 1. The van der Waals surface area contributed by atoms with Crippen molar-refractivity contribution in [2.75, 3.05) is 29.2 Å². The molecule has 0 aromatic carbocycles. The molecule has 1 aliphatic heterocycles. The number of rotatable bonds is 3. The van der Waals surface area contributed by atoms with Crippen LogP contribution in [0.25, 0.3) is 0 Å². The first kappa shape index (κ1) is 13.5. The molecule has 2 heterocycles. The number of nitrogens with two attached hydrogens (primary N) is 1. The van der Waals surface area contributed by atoms with Crippen LogP contribution in [0.15, 0.2) is 0 Å². The molecule has 1 unspecified atom stereocenters. The third-order valence-electron chi connectivity index (χ3n) is 3.48. The van der Waals surface area contributed by atoms with Gasteiger partial charge in [-0.1, -0.05) is 13.8 Å². The third-order valence-corrected chi connectivity index (χ3v) is 4.62. The Morgan fingerprint density at radius 1 is 1.39 bits per heavy atom. The smallest absolute Gasteiger partial charge is 0.137 e. The molecule has 0 amide bonds. The van der Waals surface area contributed by atoms with E-state index in [4.69, 9.17) is 10.7 Å². The normalized spacial score (nSPS) is 19.5. The monoisotopic (exact) mass is 266 g/mol. The van der Waals surface area contributed by atoms with Crippen LogP contribution in [-0.4, -0.2) is 34.6 Å². The summed E-state index contributed by atoms with van der Waals surface area (Å²) in [5, 5.41) is 0. The van der Waals surface area contributed by atoms with Crippen molar-refractivity contribution in [2.45, 2.75) is 39.2 Å². The average molecular weight is 266 g/mol. The fourth-order valence-corrected chi connectivity index (χ4v) is 3.41. The predicted molar refractivity (Wildman–Crippen MR) is 79.4 cm³/mol. The minimum absolute atomic E-state index is 0.304. The van der Waals surface area contributed by atoms with E-state index in [1.165, 1.54) is 17.9 Å². The summed E-state index contributed by atoms with van der Waals surface area (Å²) in [7, 11) is 2.12. The van der Waals surface area contributed by atoms with Gasteiger partial charge < -0.3 is 10.6 Å². The summed E-state index contributed by atoms with van der Waals surface area (Å²) in [6.45, 7) is 6.20. The van der Waals surface area contributed by atoms with E-state index in [0.717, 1.165) is 17.2 Å². The molecule has 18 heavy (non-hydrogen) atoms. The summed E-state index contributed by atoms with van der Waals surface area (Å²) in [6, 6.07) is 0.572. The van der Waals surface area contributed by atoms with Gasteiger partial charge in [0.2, 0.25) is 0 Å². The zero-order valence-corrected chi connectivity index (χ0v) is 12.4. The summed E-state index contributed by atoms with van der Waals surface area (Å²) in [5.41, 5.74) is 7.01. The molecule has 0 spiro atoms. The minimum Gasteiger partial charge on any atom is -0.383 e. The first-order valence-electron chi connectivity index (χ1n) is 6.45. The zero-order valence-electron chi connectivity index (χ0n) is 11.6. The molecule has 5 heteroatoms. The number of hydrogen-bond donors (Lipinski definition) is 1. The fraction of sp³-hybridized carbons (Fsp3) is 0.692. The van der Waals surface area contributed by atoms with E-state index in [9.17, 15) is 0 Å². The number of hydrogen-bond acceptors (Lipinski definition) is 5. The van der Waals surface area contributed by atoms with Crippen LogP contribution in [-0.2, 0) is 0 Å². The van der Waals surface area contributed by atoms with Crippen LogP contribution in [0.4, 0.5) is 11.6 Å². The lowest BCUT2D eigenvalue weighted by Crippen LogP contribution is -2.33. The lowest BCUT2D eigenvalue weighted by molar-refractivity contribution is 0.678. The molecule has 1 aromatic heterocycles. The van der Waals surface area contributed by atoms with E-state index in [-0.39, 0.29) is 0 Å². The van der Waals surface area contributed by atoms with Crippen molar-refractivity contribution >= 4 is 23.4 Å². The number of nitrogen functional groups attached to an aromatic ring is 1. The molecule has 1 fully saturated rings. The topological polar surface area (TPSA) is 55.0 Å². The van der Waals surface area contributed by atoms with Crippen LogP contribution in [0.2, 0.25) is 0 Å². The minimum atomic E-state index is 0.304. The lowest BCUT2D eigenvalue weighted by atomic mass is 10.1. The van der Waals surface area contributed by atoms with Gasteiger partial charge in [-0.05, 0) is 19.1 Å². The average Bonchev–Trinajstić information content (AvgIpc) is 2.85. The van der Waals surface area contributed by atoms with E-state index in [0.29, 0.717) is 17.8 Å². The van der Waals surface area contributed by atoms with Crippen LogP contribution in [0.3, 0.4) is 0 Å². The molecular formula is C13H22N4S. The van der Waals surface area contributed by atoms with E-state index in [1.807, 2.05) is 18.7 Å². The van der Waals surface area contributed by atoms with Crippen molar-refractivity contribution in [1.29, 1.82) is 0 Å². The molecule has 1 aromatic rings. The Hall–Kier alpha value is -0.970. The number of anilines is 2. The molecule has 1 atom stereocenters. The standard InChI is InChI=1S/C13H22N4S/c1-8(2)12-15-11(14)9(3)13(16-12)17(4)10-5-6-18-7-10/h8,10H,5-7H2,1-4H3,(H2,14,15,16). The Bertz CT molecular complexity index is 427. The van der Waals surface area contributed by atoms with Crippen molar-refractivity contribution in [3.63, 3.8) is 0 Å². The maximum Gasteiger partial charge on any atom is 0.137 e. The molecule has 2 N–H and O–H groups in total. The summed E-state index contributed by atoms with van der Waals surface area (Å²) < 4.78 is 0. The maximum atomic E-state index is 6.01. The molecule has 0 saturated carbocycles. The van der Waals surface area contributed by atoms with E-state index < -0.39 is 0 Å². The fourth-order valence-electron chi connectivity index (χ4n) is 2.14. The Balaban J connectivity index is 2.35. The molecule has 0 aliphatic carbocycles. The summed E-state index contributed by atoms with van der Waals surface area (Å²) in [4.78, 5) is 11.4. The highest BCUT2D eigenvalue weighted by molar-refractivity contribution is 7.99. The van der Waals surface area contributed by atoms with Gasteiger partial charge >= 0.3 is 0 Å². The van der Waals surface area contributed by atoms with Gasteiger partial charge in [0.15, 0.2) is 0 Å². The van der Waals surface area contributed by atoms with Crippen LogP contribution in [0, 0.1) is 6.92 Å². The van der Waals surface area contributed by atoms with Crippen molar-refractivity contribution in [3.05, 3.63) is 11.4 Å². The van der Waals surface area contributed by atoms with Crippen LogP contribution < -0.4 is 10.6 Å². The highest BCUT2D eigenvalue weighted by Crippen LogP contribution is 2.29. The highest BCUT2D eigenvalue weighted by Gasteiger charge is 2.24. The second kappa shape index (κ2) is 5.34. The van der Waals surface area contributed by atoms with Gasteiger partial charge in [0.25, 0.3) is 0 Å². The lowest BCUT2D eigenvalue weighted by Gasteiger charge is -2.27. The van der Waals surface area contributed by atoms with E-state index >= 15 is 0 Å². The Morgan fingerprint density at radius 3 is 2.67 bits per heavy atom. The second-order valence-corrected chi connectivity index (χ2v) is 6.35. The quantitative estimate of drug-likeness (QED) is 0.910. The van der Waals surface area contributed by atoms with E-state index in [1.54, 1.807) is 0 Å². The van der Waals surface area contributed by atoms with Gasteiger partial charge in [0, 0.05) is 30.3 Å². The van der Waals surface area contributed by atoms with Crippen molar-refractivity contribution in [1.82, 2.24) is 9.97 Å². The van der Waals surface area contributed by atoms with Gasteiger partial charge in [-0.2, -0.15) is 11.8 Å². The van der Waals surface area contributed by atoms with Gasteiger partial charge in [-0.15, -0.1) is 0 Å². The van der Waals surface area contributed by atoms with Gasteiger partial charge in [0.05, 0.1) is 0 Å². The van der Waals surface area contributed by atoms with Gasteiger partial charge in [0.1, 0.15) is 17.5 Å². The molecule has 100 valence electrons. The maximum absolute atomic E-state index is 6.01. The van der Waals surface area contributed by atoms with E-state index in [2.05, 4.69) is 30.8 Å². The number of aromatic nitrogens is 2. The Morgan fingerprint density at radius 2 is 2.11 bits per heavy atom. The van der Waals surface area contributed by atoms with Crippen LogP contribution >= 0.6 is 11.8 Å². The van der Waals surface area contributed by atoms with Gasteiger partial charge in [-0.3, -0.25) is 0 Å². The molecule has 1 saturated heterocycles. The molecule has 1 aliphatic rings. The Labute approximate surface area is 113 Å². The summed E-state index contributed by atoms with van der Waals surface area (Å²) >= 11 is 2.01. The van der Waals surface area contributed by atoms with Crippen molar-refractivity contribution < 1.29 is 0 Å². The van der Waals surface area contributed by atoms with Gasteiger partial charge in [-0.25, -0.2) is 9.97 Å².